The second-order valence-corrected chi connectivity index (χ2v) is 5.62. The van der Waals surface area contributed by atoms with Gasteiger partial charge in [-0.1, -0.05) is 0 Å². The minimum absolute atomic E-state index is 0.0736. The van der Waals surface area contributed by atoms with E-state index in [9.17, 15) is 9.59 Å². The summed E-state index contributed by atoms with van der Waals surface area (Å²) in [5, 5.41) is 12.7. The molecule has 0 saturated heterocycles. The molecule has 1 aliphatic carbocycles. The highest BCUT2D eigenvalue weighted by atomic mass is 16.5. The van der Waals surface area contributed by atoms with Crippen molar-refractivity contribution in [3.8, 4) is 5.75 Å². The van der Waals surface area contributed by atoms with E-state index in [4.69, 9.17) is 9.84 Å². The molecule has 1 saturated carbocycles. The third-order valence-electron chi connectivity index (χ3n) is 4.00. The monoisotopic (exact) mass is 302 g/mol. The Morgan fingerprint density at radius 1 is 1.45 bits per heavy atom. The second-order valence-electron chi connectivity index (χ2n) is 5.62. The fourth-order valence-electron chi connectivity index (χ4n) is 2.64. The van der Waals surface area contributed by atoms with E-state index in [1.54, 1.807) is 13.3 Å². The maximum Gasteiger partial charge on any atom is 0.326 e. The van der Waals surface area contributed by atoms with Gasteiger partial charge in [-0.2, -0.15) is 0 Å². The van der Waals surface area contributed by atoms with Gasteiger partial charge in [0.1, 0.15) is 11.8 Å². The molecular formula is C16H18N2O4. The highest BCUT2D eigenvalue weighted by Gasteiger charge is 2.37. The fourth-order valence-corrected chi connectivity index (χ4v) is 2.64. The largest absolute Gasteiger partial charge is 0.497 e. The van der Waals surface area contributed by atoms with Crippen molar-refractivity contribution in [2.75, 3.05) is 7.11 Å². The predicted molar refractivity (Wildman–Crippen MR) is 80.8 cm³/mol. The molecule has 3 rings (SSSR count). The Morgan fingerprint density at radius 2 is 2.23 bits per heavy atom. The number of nitrogens with one attached hydrogen (secondary N) is 2. The molecule has 22 heavy (non-hydrogen) atoms. The summed E-state index contributed by atoms with van der Waals surface area (Å²) in [4.78, 5) is 26.4. The van der Waals surface area contributed by atoms with E-state index in [0.717, 1.165) is 35.1 Å². The van der Waals surface area contributed by atoms with Crippen molar-refractivity contribution in [2.24, 2.45) is 5.92 Å². The topological polar surface area (TPSA) is 91.4 Å². The molecule has 1 heterocycles. The van der Waals surface area contributed by atoms with E-state index >= 15 is 0 Å². The van der Waals surface area contributed by atoms with Gasteiger partial charge in [-0.25, -0.2) is 4.79 Å². The Hall–Kier alpha value is -2.50. The number of hydrogen-bond acceptors (Lipinski definition) is 3. The molecule has 0 radical (unpaired) electrons. The lowest BCUT2D eigenvalue weighted by Crippen LogP contribution is -2.43. The molecule has 1 amide bonds. The fraction of sp³-hybridized carbons (Fsp3) is 0.375. The summed E-state index contributed by atoms with van der Waals surface area (Å²) in [7, 11) is 1.59. The van der Waals surface area contributed by atoms with E-state index in [2.05, 4.69) is 10.3 Å². The number of benzene rings is 1. The quantitative estimate of drug-likeness (QED) is 0.757. The molecule has 116 valence electrons. The normalized spacial score (nSPS) is 15.5. The summed E-state index contributed by atoms with van der Waals surface area (Å²) in [5.74, 6) is -0.445. The van der Waals surface area contributed by atoms with Crippen LogP contribution in [-0.2, 0) is 16.0 Å². The highest BCUT2D eigenvalue weighted by Crippen LogP contribution is 2.33. The first-order valence-corrected chi connectivity index (χ1v) is 7.24. The molecule has 1 aromatic carbocycles. The Labute approximate surface area is 127 Å². The van der Waals surface area contributed by atoms with E-state index in [1.807, 2.05) is 18.2 Å². The van der Waals surface area contributed by atoms with Crippen LogP contribution in [0.4, 0.5) is 0 Å². The molecule has 1 aliphatic rings. The lowest BCUT2D eigenvalue weighted by atomic mass is 10.1. The summed E-state index contributed by atoms with van der Waals surface area (Å²) >= 11 is 0. The second kappa shape index (κ2) is 5.71. The van der Waals surface area contributed by atoms with E-state index in [1.165, 1.54) is 0 Å². The first-order chi connectivity index (χ1) is 10.6. The number of aromatic nitrogens is 1. The van der Waals surface area contributed by atoms with Crippen LogP contribution in [0, 0.1) is 5.92 Å². The number of carboxylic acid groups (broad SMARTS) is 1. The van der Waals surface area contributed by atoms with Gasteiger partial charge in [0.05, 0.1) is 13.5 Å². The number of carbonyl (C=O) groups is 2. The molecule has 6 nitrogen and oxygen atoms in total. The van der Waals surface area contributed by atoms with Gasteiger partial charge in [0, 0.05) is 17.1 Å². The maximum atomic E-state index is 12.1. The van der Waals surface area contributed by atoms with Crippen LogP contribution in [0.5, 0.6) is 5.75 Å². The Kier molecular flexibility index (Phi) is 3.75. The molecule has 6 heteroatoms. The third-order valence-corrected chi connectivity index (χ3v) is 4.00. The standard InChI is InChI=1S/C16H18N2O4/c1-22-11-4-5-13-12(7-11)10(8-17-13)6-14(19)18-15(16(20)21)9-2-3-9/h4-5,7-9,15,17H,2-3,6H2,1H3,(H,18,19)(H,20,21). The number of amides is 1. The van der Waals surface area contributed by atoms with Crippen LogP contribution in [0.25, 0.3) is 10.9 Å². The van der Waals surface area contributed by atoms with Crippen molar-refractivity contribution in [3.63, 3.8) is 0 Å². The highest BCUT2D eigenvalue weighted by molar-refractivity contribution is 5.91. The zero-order chi connectivity index (χ0) is 15.7. The van der Waals surface area contributed by atoms with Gasteiger partial charge in [-0.15, -0.1) is 0 Å². The Morgan fingerprint density at radius 3 is 2.86 bits per heavy atom. The van der Waals surface area contributed by atoms with E-state index < -0.39 is 12.0 Å². The molecule has 0 bridgehead atoms. The van der Waals surface area contributed by atoms with Crippen LogP contribution in [0.2, 0.25) is 0 Å². The van der Waals surface area contributed by atoms with Crippen LogP contribution in [0.1, 0.15) is 18.4 Å². The molecule has 1 atom stereocenters. The number of aliphatic carboxylic acids is 1. The summed E-state index contributed by atoms with van der Waals surface area (Å²) in [6.07, 6.45) is 3.64. The van der Waals surface area contributed by atoms with Crippen LogP contribution in [0.15, 0.2) is 24.4 Å². The number of methoxy groups -OCH3 is 1. The van der Waals surface area contributed by atoms with E-state index in [-0.39, 0.29) is 18.2 Å². The maximum absolute atomic E-state index is 12.1. The first kappa shape index (κ1) is 14.4. The number of rotatable bonds is 6. The molecule has 3 N–H and O–H groups in total. The third kappa shape index (κ3) is 2.90. The molecule has 0 aliphatic heterocycles. The van der Waals surface area contributed by atoms with Crippen LogP contribution < -0.4 is 10.1 Å². The lowest BCUT2D eigenvalue weighted by Gasteiger charge is -2.13. The molecular weight excluding hydrogens is 284 g/mol. The minimum Gasteiger partial charge on any atom is -0.497 e. The van der Waals surface area contributed by atoms with Gasteiger partial charge in [0.2, 0.25) is 5.91 Å². The van der Waals surface area contributed by atoms with Gasteiger partial charge in [0.15, 0.2) is 0 Å². The van der Waals surface area contributed by atoms with Gasteiger partial charge in [-0.3, -0.25) is 4.79 Å². The number of aromatic amines is 1. The number of ether oxygens (including phenoxy) is 1. The molecule has 2 aromatic rings. The van der Waals surface area contributed by atoms with Crippen LogP contribution >= 0.6 is 0 Å². The zero-order valence-electron chi connectivity index (χ0n) is 12.3. The summed E-state index contributed by atoms with van der Waals surface area (Å²) in [6, 6.07) is 4.83. The van der Waals surface area contributed by atoms with Gasteiger partial charge in [-0.05, 0) is 42.5 Å². The van der Waals surface area contributed by atoms with Crippen molar-refractivity contribution >= 4 is 22.8 Å². The van der Waals surface area contributed by atoms with Gasteiger partial charge < -0.3 is 20.1 Å². The number of hydrogen-bond donors (Lipinski definition) is 3. The van der Waals surface area contributed by atoms with Crippen molar-refractivity contribution in [1.29, 1.82) is 0 Å². The van der Waals surface area contributed by atoms with E-state index in [0.29, 0.717) is 0 Å². The SMILES string of the molecule is COc1ccc2[nH]cc(CC(=O)NC(C(=O)O)C3CC3)c2c1. The molecule has 1 unspecified atom stereocenters. The first-order valence-electron chi connectivity index (χ1n) is 7.24. The van der Waals surface area contributed by atoms with Crippen LogP contribution in [-0.4, -0.2) is 35.1 Å². The van der Waals surface area contributed by atoms with Gasteiger partial charge in [0.25, 0.3) is 0 Å². The van der Waals surface area contributed by atoms with Gasteiger partial charge >= 0.3 is 5.97 Å². The van der Waals surface area contributed by atoms with Crippen molar-refractivity contribution in [1.82, 2.24) is 10.3 Å². The number of carbonyl (C=O) groups excluding carboxylic acids is 1. The number of carboxylic acids is 1. The molecule has 1 aromatic heterocycles. The Bertz CT molecular complexity index is 718. The van der Waals surface area contributed by atoms with Crippen molar-refractivity contribution in [2.45, 2.75) is 25.3 Å². The number of H-pyrrole nitrogens is 1. The minimum atomic E-state index is -0.962. The molecule has 0 spiro atoms. The Balaban J connectivity index is 1.74. The average molecular weight is 302 g/mol. The predicted octanol–water partition coefficient (Wildman–Crippen LogP) is 1.70. The summed E-state index contributed by atoms with van der Waals surface area (Å²) in [6.45, 7) is 0. The lowest BCUT2D eigenvalue weighted by molar-refractivity contribution is -0.142. The number of fused-ring (bicyclic) bond motifs is 1. The molecule has 1 fully saturated rings. The van der Waals surface area contributed by atoms with Crippen molar-refractivity contribution < 1.29 is 19.4 Å². The average Bonchev–Trinajstić information content (AvgIpc) is 3.27. The smallest absolute Gasteiger partial charge is 0.326 e. The van der Waals surface area contributed by atoms with Crippen LogP contribution in [0.3, 0.4) is 0 Å². The summed E-state index contributed by atoms with van der Waals surface area (Å²) < 4.78 is 5.20. The van der Waals surface area contributed by atoms with Crippen molar-refractivity contribution in [3.05, 3.63) is 30.0 Å². The summed E-state index contributed by atoms with van der Waals surface area (Å²) in [5.41, 5.74) is 1.74. The zero-order valence-corrected chi connectivity index (χ0v) is 12.3.